The largest absolute Gasteiger partial charge is 0.508 e. The summed E-state index contributed by atoms with van der Waals surface area (Å²) in [5, 5.41) is 15.7. The summed E-state index contributed by atoms with van der Waals surface area (Å²) in [5.41, 5.74) is 0.658. The van der Waals surface area contributed by atoms with Crippen LogP contribution in [0.3, 0.4) is 0 Å². The normalized spacial score (nSPS) is 18.5. The number of rotatable bonds is 3. The van der Waals surface area contributed by atoms with Crippen LogP contribution in [0.1, 0.15) is 16.8 Å². The minimum absolute atomic E-state index is 0.112. The molecule has 0 radical (unpaired) electrons. The average molecular weight is 318 g/mol. The molecule has 0 bridgehead atoms. The summed E-state index contributed by atoms with van der Waals surface area (Å²) in [4.78, 5) is 11.9. The number of nitrogens with one attached hydrogen (secondary N) is 2. The SMILES string of the molecule is O=C(CC1CNCCN1)c1ccc(O)cc1.O=S(=O)(O)O. The van der Waals surface area contributed by atoms with Gasteiger partial charge < -0.3 is 15.7 Å². The van der Waals surface area contributed by atoms with Gasteiger partial charge in [-0.1, -0.05) is 0 Å². The number of carbonyl (C=O) groups is 1. The molecule has 1 aliphatic heterocycles. The highest BCUT2D eigenvalue weighted by molar-refractivity contribution is 7.79. The van der Waals surface area contributed by atoms with Crippen LogP contribution in [-0.4, -0.2) is 54.1 Å². The van der Waals surface area contributed by atoms with E-state index in [1.165, 1.54) is 0 Å². The summed E-state index contributed by atoms with van der Waals surface area (Å²) in [7, 11) is -4.67. The molecule has 1 unspecified atom stereocenters. The molecule has 0 amide bonds. The Morgan fingerprint density at radius 3 is 2.24 bits per heavy atom. The Kier molecular flexibility index (Phi) is 6.72. The van der Waals surface area contributed by atoms with Gasteiger partial charge in [-0.15, -0.1) is 0 Å². The van der Waals surface area contributed by atoms with Crippen LogP contribution >= 0.6 is 0 Å². The van der Waals surface area contributed by atoms with Crippen molar-refractivity contribution in [3.8, 4) is 5.75 Å². The second-order valence-corrected chi connectivity index (χ2v) is 5.37. The molecule has 1 saturated heterocycles. The highest BCUT2D eigenvalue weighted by atomic mass is 32.3. The Morgan fingerprint density at radius 2 is 1.76 bits per heavy atom. The van der Waals surface area contributed by atoms with Gasteiger partial charge >= 0.3 is 10.4 Å². The smallest absolute Gasteiger partial charge is 0.394 e. The van der Waals surface area contributed by atoms with E-state index >= 15 is 0 Å². The standard InChI is InChI=1S/C12H16N2O2.H2O4S/c15-11-3-1-9(2-4-11)12(16)7-10-8-13-5-6-14-10;1-5(2,3)4/h1-4,10,13-15H,5-8H2;(H2,1,2,3,4). The van der Waals surface area contributed by atoms with Crippen LogP contribution in [0, 0.1) is 0 Å². The first-order chi connectivity index (χ1) is 9.75. The van der Waals surface area contributed by atoms with Crippen molar-refractivity contribution >= 4 is 16.2 Å². The third-order valence-corrected chi connectivity index (χ3v) is 2.75. The molecule has 0 aliphatic carbocycles. The third-order valence-electron chi connectivity index (χ3n) is 2.75. The predicted molar refractivity (Wildman–Crippen MR) is 75.9 cm³/mol. The van der Waals surface area contributed by atoms with Gasteiger partial charge in [0, 0.05) is 37.7 Å². The minimum Gasteiger partial charge on any atom is -0.508 e. The molecular weight excluding hydrogens is 300 g/mol. The van der Waals surface area contributed by atoms with E-state index in [0.29, 0.717) is 12.0 Å². The van der Waals surface area contributed by atoms with Gasteiger partial charge in [0.15, 0.2) is 5.78 Å². The van der Waals surface area contributed by atoms with Crippen molar-refractivity contribution in [3.63, 3.8) is 0 Å². The molecule has 8 nitrogen and oxygen atoms in total. The first-order valence-electron chi connectivity index (χ1n) is 6.22. The zero-order chi connectivity index (χ0) is 15.9. The van der Waals surface area contributed by atoms with E-state index in [4.69, 9.17) is 22.6 Å². The van der Waals surface area contributed by atoms with E-state index in [2.05, 4.69) is 10.6 Å². The molecule has 1 aromatic rings. The number of phenols is 1. The Morgan fingerprint density at radius 1 is 1.19 bits per heavy atom. The van der Waals surface area contributed by atoms with Gasteiger partial charge in [-0.25, -0.2) is 0 Å². The number of Topliss-reactive ketones (excluding diaryl/α,β-unsaturated/α-hetero) is 1. The summed E-state index contributed by atoms with van der Waals surface area (Å²) in [6, 6.07) is 6.62. The maximum atomic E-state index is 11.9. The average Bonchev–Trinajstić information content (AvgIpc) is 2.38. The van der Waals surface area contributed by atoms with Gasteiger partial charge in [0.2, 0.25) is 0 Å². The molecule has 5 N–H and O–H groups in total. The summed E-state index contributed by atoms with van der Waals surface area (Å²) in [5.74, 6) is 0.301. The zero-order valence-corrected chi connectivity index (χ0v) is 12.0. The Bertz CT molecular complexity index is 544. The lowest BCUT2D eigenvalue weighted by Gasteiger charge is -2.23. The first kappa shape index (κ1) is 17.5. The molecule has 1 fully saturated rings. The fourth-order valence-electron chi connectivity index (χ4n) is 1.85. The molecule has 21 heavy (non-hydrogen) atoms. The van der Waals surface area contributed by atoms with E-state index in [1.54, 1.807) is 24.3 Å². The summed E-state index contributed by atoms with van der Waals surface area (Å²) >= 11 is 0. The molecule has 1 atom stereocenters. The summed E-state index contributed by atoms with van der Waals surface area (Å²) < 4.78 is 31.6. The first-order valence-corrected chi connectivity index (χ1v) is 7.61. The van der Waals surface area contributed by atoms with Gasteiger partial charge in [-0.3, -0.25) is 13.9 Å². The quantitative estimate of drug-likeness (QED) is 0.384. The number of ketones is 1. The molecule has 0 aromatic heterocycles. The van der Waals surface area contributed by atoms with Crippen LogP contribution in [0.5, 0.6) is 5.75 Å². The number of aromatic hydroxyl groups is 1. The number of benzene rings is 1. The number of carbonyl (C=O) groups excluding carboxylic acids is 1. The number of phenolic OH excluding ortho intramolecular Hbond substituents is 1. The van der Waals surface area contributed by atoms with Crippen molar-refractivity contribution in [2.24, 2.45) is 0 Å². The zero-order valence-electron chi connectivity index (χ0n) is 11.2. The molecule has 0 spiro atoms. The van der Waals surface area contributed by atoms with Crippen LogP contribution in [0.2, 0.25) is 0 Å². The van der Waals surface area contributed by atoms with Crippen molar-refractivity contribution in [1.29, 1.82) is 0 Å². The van der Waals surface area contributed by atoms with Gasteiger partial charge in [-0.05, 0) is 24.3 Å². The van der Waals surface area contributed by atoms with Gasteiger partial charge in [-0.2, -0.15) is 8.42 Å². The molecule has 1 aromatic carbocycles. The van der Waals surface area contributed by atoms with Gasteiger partial charge in [0.25, 0.3) is 0 Å². The van der Waals surface area contributed by atoms with Crippen molar-refractivity contribution in [1.82, 2.24) is 10.6 Å². The number of piperazine rings is 1. The molecule has 2 rings (SSSR count). The fourth-order valence-corrected chi connectivity index (χ4v) is 1.85. The summed E-state index contributed by atoms with van der Waals surface area (Å²) in [6.45, 7) is 2.71. The third kappa shape index (κ3) is 8.38. The minimum atomic E-state index is -4.67. The lowest BCUT2D eigenvalue weighted by atomic mass is 10.0. The van der Waals surface area contributed by atoms with Crippen LogP contribution in [-0.2, 0) is 10.4 Å². The van der Waals surface area contributed by atoms with Crippen molar-refractivity contribution < 1.29 is 27.4 Å². The lowest BCUT2D eigenvalue weighted by Crippen LogP contribution is -2.49. The molecule has 1 aliphatic rings. The molecule has 9 heteroatoms. The van der Waals surface area contributed by atoms with Crippen molar-refractivity contribution in [3.05, 3.63) is 29.8 Å². The highest BCUT2D eigenvalue weighted by Gasteiger charge is 2.16. The number of hydrogen-bond donors (Lipinski definition) is 5. The van der Waals surface area contributed by atoms with Gasteiger partial charge in [0.05, 0.1) is 0 Å². The molecule has 1 heterocycles. The van der Waals surface area contributed by atoms with Crippen molar-refractivity contribution in [2.45, 2.75) is 12.5 Å². The maximum Gasteiger partial charge on any atom is 0.394 e. The van der Waals surface area contributed by atoms with E-state index in [0.717, 1.165) is 19.6 Å². The van der Waals surface area contributed by atoms with E-state index < -0.39 is 10.4 Å². The lowest BCUT2D eigenvalue weighted by molar-refractivity contribution is 0.0966. The molecular formula is C12H18N2O6S. The summed E-state index contributed by atoms with van der Waals surface area (Å²) in [6.07, 6.45) is 0.498. The molecule has 118 valence electrons. The van der Waals surface area contributed by atoms with E-state index in [1.807, 2.05) is 0 Å². The highest BCUT2D eigenvalue weighted by Crippen LogP contribution is 2.12. The second kappa shape index (κ2) is 8.05. The Labute approximate surface area is 122 Å². The topological polar surface area (TPSA) is 136 Å². The van der Waals surface area contributed by atoms with E-state index in [-0.39, 0.29) is 17.6 Å². The number of hydrogen-bond acceptors (Lipinski definition) is 6. The van der Waals surface area contributed by atoms with Crippen LogP contribution in [0.25, 0.3) is 0 Å². The molecule has 0 saturated carbocycles. The van der Waals surface area contributed by atoms with Gasteiger partial charge in [0.1, 0.15) is 5.75 Å². The fraction of sp³-hybridized carbons (Fsp3) is 0.417. The second-order valence-electron chi connectivity index (χ2n) is 4.48. The maximum absolute atomic E-state index is 11.9. The van der Waals surface area contributed by atoms with Crippen molar-refractivity contribution in [2.75, 3.05) is 19.6 Å². The van der Waals surface area contributed by atoms with Crippen LogP contribution < -0.4 is 10.6 Å². The van der Waals surface area contributed by atoms with E-state index in [9.17, 15) is 4.79 Å². The Balaban J connectivity index is 0.000000383. The predicted octanol–water partition coefficient (Wildman–Crippen LogP) is -0.126. The van der Waals surface area contributed by atoms with Crippen LogP contribution in [0.4, 0.5) is 0 Å². The van der Waals surface area contributed by atoms with Crippen LogP contribution in [0.15, 0.2) is 24.3 Å². The Hall–Kier alpha value is -1.52. The monoisotopic (exact) mass is 318 g/mol.